The van der Waals surface area contributed by atoms with Crippen LogP contribution < -0.4 is 0 Å². The number of carbonyl (C=O) groups is 1. The third kappa shape index (κ3) is 3.35. The summed E-state index contributed by atoms with van der Waals surface area (Å²) in [6, 6.07) is -0.470. The van der Waals surface area contributed by atoms with Crippen molar-refractivity contribution in [2.24, 2.45) is 0 Å². The highest BCUT2D eigenvalue weighted by atomic mass is 16.6. The number of aliphatic hydroxyl groups excluding tert-OH is 1. The molecule has 1 saturated heterocycles. The van der Waals surface area contributed by atoms with Crippen molar-refractivity contribution < 1.29 is 23.5 Å². The monoisotopic (exact) mass is 234 g/mol. The third-order valence-corrected chi connectivity index (χ3v) is 2.38. The summed E-state index contributed by atoms with van der Waals surface area (Å²) in [5, 5.41) is 9.25. The molecule has 0 aliphatic carbocycles. The first kappa shape index (κ1) is 9.24. The van der Waals surface area contributed by atoms with Crippen LogP contribution in [0.2, 0.25) is 0 Å². The molecule has 0 saturated carbocycles. The van der Waals surface area contributed by atoms with Crippen LogP contribution in [0.4, 0.5) is 4.79 Å². The standard InChI is InChI=1S/C11H21NO4/c1-11(2,3)16-10(14)12-6-9(15-4)5-8(12)7-13/h8-9,13H,5-7H2,1-4H3/t8-,9-/m0/s1/i4D3. The van der Waals surface area contributed by atoms with Gasteiger partial charge in [0.25, 0.3) is 0 Å². The number of carbonyl (C=O) groups excluding carboxylic acids is 1. The average Bonchev–Trinajstić information content (AvgIpc) is 2.55. The average molecular weight is 234 g/mol. The summed E-state index contributed by atoms with van der Waals surface area (Å²) in [6.07, 6.45) is -0.894. The molecule has 1 N–H and O–H groups in total. The van der Waals surface area contributed by atoms with Crippen molar-refractivity contribution in [3.8, 4) is 0 Å². The SMILES string of the molecule is [2H]C([2H])([2H])O[C@H]1C[C@@H](CO)N(C(=O)OC(C)(C)C)C1. The second-order valence-electron chi connectivity index (χ2n) is 4.94. The Kier molecular flexibility index (Phi) is 2.90. The molecule has 2 atom stereocenters. The second kappa shape index (κ2) is 5.01. The summed E-state index contributed by atoms with van der Waals surface area (Å²) in [6.45, 7) is 5.08. The molecular weight excluding hydrogens is 210 g/mol. The van der Waals surface area contributed by atoms with E-state index in [-0.39, 0.29) is 19.6 Å². The van der Waals surface area contributed by atoms with Gasteiger partial charge < -0.3 is 19.5 Å². The van der Waals surface area contributed by atoms with E-state index >= 15 is 0 Å². The van der Waals surface area contributed by atoms with E-state index in [0.29, 0.717) is 0 Å². The number of nitrogens with zero attached hydrogens (tertiary/aromatic N) is 1. The zero-order valence-corrected chi connectivity index (χ0v) is 9.90. The van der Waals surface area contributed by atoms with Crippen LogP contribution in [-0.4, -0.2) is 54.0 Å². The zero-order valence-electron chi connectivity index (χ0n) is 12.9. The molecule has 0 aromatic carbocycles. The van der Waals surface area contributed by atoms with E-state index in [0.717, 1.165) is 0 Å². The highest BCUT2D eigenvalue weighted by Gasteiger charge is 2.37. The summed E-state index contributed by atoms with van der Waals surface area (Å²) in [7, 11) is -2.51. The van der Waals surface area contributed by atoms with Crippen molar-refractivity contribution in [1.29, 1.82) is 0 Å². The predicted molar refractivity (Wildman–Crippen MR) is 59.2 cm³/mol. The van der Waals surface area contributed by atoms with Crippen LogP contribution in [0.1, 0.15) is 31.3 Å². The fraction of sp³-hybridized carbons (Fsp3) is 0.909. The molecule has 5 heteroatoms. The van der Waals surface area contributed by atoms with Gasteiger partial charge in [0.2, 0.25) is 0 Å². The van der Waals surface area contributed by atoms with Gasteiger partial charge >= 0.3 is 6.09 Å². The van der Waals surface area contributed by atoms with Crippen molar-refractivity contribution in [3.05, 3.63) is 0 Å². The zero-order chi connectivity index (χ0) is 14.8. The maximum absolute atomic E-state index is 11.9. The number of likely N-dealkylation sites (tertiary alicyclic amines) is 1. The van der Waals surface area contributed by atoms with Gasteiger partial charge in [-0.05, 0) is 27.2 Å². The van der Waals surface area contributed by atoms with Gasteiger partial charge in [-0.25, -0.2) is 4.79 Å². The molecule has 0 aromatic rings. The van der Waals surface area contributed by atoms with Gasteiger partial charge in [-0.3, -0.25) is 0 Å². The van der Waals surface area contributed by atoms with E-state index in [4.69, 9.17) is 13.6 Å². The lowest BCUT2D eigenvalue weighted by molar-refractivity contribution is 0.0154. The van der Waals surface area contributed by atoms with Gasteiger partial charge in [-0.2, -0.15) is 0 Å². The first-order valence-electron chi connectivity index (χ1n) is 6.80. The molecule has 16 heavy (non-hydrogen) atoms. The summed E-state index contributed by atoms with van der Waals surface area (Å²) in [4.78, 5) is 13.3. The lowest BCUT2D eigenvalue weighted by atomic mass is 10.2. The smallest absolute Gasteiger partial charge is 0.410 e. The minimum Gasteiger partial charge on any atom is -0.444 e. The molecule has 1 aliphatic rings. The lowest BCUT2D eigenvalue weighted by Crippen LogP contribution is -2.41. The Bertz CT molecular complexity index is 327. The van der Waals surface area contributed by atoms with E-state index in [1.54, 1.807) is 20.8 Å². The number of ether oxygens (including phenoxy) is 2. The number of rotatable bonds is 2. The lowest BCUT2D eigenvalue weighted by Gasteiger charge is -2.27. The molecule has 1 amide bonds. The first-order chi connectivity index (χ1) is 8.52. The Balaban J connectivity index is 2.65. The van der Waals surface area contributed by atoms with Gasteiger partial charge in [0.15, 0.2) is 0 Å². The molecule has 1 rings (SSSR count). The van der Waals surface area contributed by atoms with E-state index < -0.39 is 30.9 Å². The van der Waals surface area contributed by atoms with Crippen LogP contribution in [0, 0.1) is 0 Å². The van der Waals surface area contributed by atoms with Crippen LogP contribution in [-0.2, 0) is 9.47 Å². The number of aliphatic hydroxyl groups is 1. The van der Waals surface area contributed by atoms with Crippen LogP contribution in [0.25, 0.3) is 0 Å². The van der Waals surface area contributed by atoms with Crippen LogP contribution >= 0.6 is 0 Å². The number of hydrogen-bond acceptors (Lipinski definition) is 4. The van der Waals surface area contributed by atoms with Crippen LogP contribution in [0.5, 0.6) is 0 Å². The molecule has 1 heterocycles. The summed E-state index contributed by atoms with van der Waals surface area (Å²) >= 11 is 0. The molecule has 0 bridgehead atoms. The summed E-state index contributed by atoms with van der Waals surface area (Å²) in [5.41, 5.74) is -0.639. The number of hydrogen-bond donors (Lipinski definition) is 1. The fourth-order valence-corrected chi connectivity index (χ4v) is 1.68. The molecular formula is C11H21NO4. The van der Waals surface area contributed by atoms with Gasteiger partial charge in [-0.1, -0.05) is 0 Å². The van der Waals surface area contributed by atoms with Crippen LogP contribution in [0.15, 0.2) is 0 Å². The van der Waals surface area contributed by atoms with E-state index in [1.165, 1.54) is 4.90 Å². The summed E-state index contributed by atoms with van der Waals surface area (Å²) < 4.78 is 31.2. The molecule has 0 unspecified atom stereocenters. The van der Waals surface area contributed by atoms with E-state index in [9.17, 15) is 9.90 Å². The van der Waals surface area contributed by atoms with Crippen molar-refractivity contribution in [1.82, 2.24) is 4.90 Å². The fourth-order valence-electron chi connectivity index (χ4n) is 1.68. The van der Waals surface area contributed by atoms with Gasteiger partial charge in [-0.15, -0.1) is 0 Å². The van der Waals surface area contributed by atoms with Gasteiger partial charge in [0.1, 0.15) is 5.60 Å². The van der Waals surface area contributed by atoms with Crippen LogP contribution in [0.3, 0.4) is 0 Å². The Hall–Kier alpha value is -0.810. The summed E-state index contributed by atoms with van der Waals surface area (Å²) in [5.74, 6) is 0. The maximum Gasteiger partial charge on any atom is 0.410 e. The van der Waals surface area contributed by atoms with E-state index in [1.807, 2.05) is 0 Å². The molecule has 0 radical (unpaired) electrons. The highest BCUT2D eigenvalue weighted by Crippen LogP contribution is 2.22. The maximum atomic E-state index is 11.9. The predicted octanol–water partition coefficient (Wildman–Crippen LogP) is 1.00. The molecule has 0 aromatic heterocycles. The Morgan fingerprint density at radius 2 is 2.31 bits per heavy atom. The highest BCUT2D eigenvalue weighted by molar-refractivity contribution is 5.69. The second-order valence-corrected chi connectivity index (χ2v) is 4.94. The van der Waals surface area contributed by atoms with E-state index in [2.05, 4.69) is 0 Å². The molecule has 0 spiro atoms. The van der Waals surface area contributed by atoms with Gasteiger partial charge in [0.05, 0.1) is 29.4 Å². The van der Waals surface area contributed by atoms with Crippen molar-refractivity contribution in [3.63, 3.8) is 0 Å². The molecule has 1 aliphatic heterocycles. The Labute approximate surface area is 101 Å². The first-order valence-corrected chi connectivity index (χ1v) is 5.30. The topological polar surface area (TPSA) is 59.0 Å². The Morgan fingerprint density at radius 3 is 2.81 bits per heavy atom. The molecule has 1 fully saturated rings. The Morgan fingerprint density at radius 1 is 1.62 bits per heavy atom. The number of methoxy groups -OCH3 is 1. The van der Waals surface area contributed by atoms with Crippen molar-refractivity contribution >= 4 is 6.09 Å². The molecule has 94 valence electrons. The van der Waals surface area contributed by atoms with Crippen molar-refractivity contribution in [2.45, 2.75) is 44.9 Å². The minimum absolute atomic E-state index is 0.110. The third-order valence-electron chi connectivity index (χ3n) is 2.38. The normalized spacial score (nSPS) is 29.5. The van der Waals surface area contributed by atoms with Gasteiger partial charge in [0, 0.05) is 7.04 Å². The minimum atomic E-state index is -2.51. The quantitative estimate of drug-likeness (QED) is 0.774. The number of amides is 1. The molecule has 5 nitrogen and oxygen atoms in total. The largest absolute Gasteiger partial charge is 0.444 e. The van der Waals surface area contributed by atoms with Crippen molar-refractivity contribution in [2.75, 3.05) is 20.2 Å².